The van der Waals surface area contributed by atoms with Crippen molar-refractivity contribution in [1.29, 1.82) is 0 Å². The second-order valence-corrected chi connectivity index (χ2v) is 5.19. The van der Waals surface area contributed by atoms with Gasteiger partial charge in [-0.3, -0.25) is 0 Å². The maximum atomic E-state index is 5.33. The Labute approximate surface area is 100 Å². The number of nitrogens with zero attached hydrogens (tertiary/aromatic N) is 4. The van der Waals surface area contributed by atoms with Gasteiger partial charge in [-0.05, 0) is 20.8 Å². The SMILES string of the molecule is Cc1nn(C)nc1C(S)C1=NOC(C)(C)C1. The van der Waals surface area contributed by atoms with Gasteiger partial charge < -0.3 is 4.84 Å². The molecule has 0 amide bonds. The molecule has 6 heteroatoms. The molecule has 1 aliphatic rings. The van der Waals surface area contributed by atoms with E-state index in [9.17, 15) is 0 Å². The van der Waals surface area contributed by atoms with Crippen LogP contribution < -0.4 is 0 Å². The van der Waals surface area contributed by atoms with Crippen molar-refractivity contribution in [2.45, 2.75) is 38.0 Å². The minimum atomic E-state index is -0.230. The van der Waals surface area contributed by atoms with E-state index in [-0.39, 0.29) is 10.9 Å². The van der Waals surface area contributed by atoms with Crippen LogP contribution in [0.1, 0.15) is 36.9 Å². The minimum absolute atomic E-state index is 0.129. The molecule has 0 saturated heterocycles. The van der Waals surface area contributed by atoms with Gasteiger partial charge in [0.25, 0.3) is 0 Å². The molecule has 1 aromatic heterocycles. The number of thiol groups is 1. The van der Waals surface area contributed by atoms with E-state index in [2.05, 4.69) is 28.0 Å². The van der Waals surface area contributed by atoms with Crippen molar-refractivity contribution < 1.29 is 4.84 Å². The average molecular weight is 240 g/mol. The Bertz CT molecular complexity index is 438. The van der Waals surface area contributed by atoms with E-state index in [1.54, 1.807) is 11.8 Å². The van der Waals surface area contributed by atoms with Crippen molar-refractivity contribution in [3.05, 3.63) is 11.4 Å². The van der Waals surface area contributed by atoms with Crippen LogP contribution in [-0.4, -0.2) is 26.3 Å². The molecule has 0 N–H and O–H groups in total. The molecular weight excluding hydrogens is 224 g/mol. The largest absolute Gasteiger partial charge is 0.389 e. The molecule has 0 bridgehead atoms. The van der Waals surface area contributed by atoms with Crippen LogP contribution in [0.15, 0.2) is 5.16 Å². The van der Waals surface area contributed by atoms with E-state index in [4.69, 9.17) is 4.84 Å². The molecule has 1 aromatic rings. The molecule has 0 saturated carbocycles. The first kappa shape index (κ1) is 11.4. The summed E-state index contributed by atoms with van der Waals surface area (Å²) in [4.78, 5) is 6.88. The molecule has 16 heavy (non-hydrogen) atoms. The highest BCUT2D eigenvalue weighted by Gasteiger charge is 2.33. The number of hydrogen-bond acceptors (Lipinski definition) is 5. The van der Waals surface area contributed by atoms with Gasteiger partial charge in [0.1, 0.15) is 11.3 Å². The second-order valence-electron chi connectivity index (χ2n) is 4.67. The molecule has 5 nitrogen and oxygen atoms in total. The second kappa shape index (κ2) is 3.76. The highest BCUT2D eigenvalue weighted by atomic mass is 32.1. The van der Waals surface area contributed by atoms with Crippen molar-refractivity contribution >= 4 is 18.3 Å². The first-order valence-electron chi connectivity index (χ1n) is 5.20. The summed E-state index contributed by atoms with van der Waals surface area (Å²) in [6, 6.07) is 0. The molecule has 0 aromatic carbocycles. The zero-order valence-electron chi connectivity index (χ0n) is 9.93. The average Bonchev–Trinajstić information content (AvgIpc) is 2.68. The number of rotatable bonds is 2. The smallest absolute Gasteiger partial charge is 0.137 e. The Morgan fingerprint density at radius 1 is 1.44 bits per heavy atom. The van der Waals surface area contributed by atoms with Gasteiger partial charge in [-0.1, -0.05) is 5.16 Å². The fourth-order valence-electron chi connectivity index (χ4n) is 1.76. The molecule has 1 unspecified atom stereocenters. The van der Waals surface area contributed by atoms with Crippen molar-refractivity contribution in [3.8, 4) is 0 Å². The maximum absolute atomic E-state index is 5.33. The zero-order chi connectivity index (χ0) is 11.9. The first-order chi connectivity index (χ1) is 7.39. The highest BCUT2D eigenvalue weighted by molar-refractivity contribution is 7.81. The van der Waals surface area contributed by atoms with Crippen LogP contribution in [-0.2, 0) is 11.9 Å². The molecule has 0 aliphatic carbocycles. The van der Waals surface area contributed by atoms with E-state index >= 15 is 0 Å². The third-order valence-corrected chi connectivity index (χ3v) is 3.05. The predicted molar refractivity (Wildman–Crippen MR) is 64.7 cm³/mol. The Kier molecular flexibility index (Phi) is 2.69. The molecule has 88 valence electrons. The summed E-state index contributed by atoms with van der Waals surface area (Å²) in [5.74, 6) is 0. The molecule has 2 rings (SSSR count). The van der Waals surface area contributed by atoms with Crippen LogP contribution in [0.25, 0.3) is 0 Å². The predicted octanol–water partition coefficient (Wildman–Crippen LogP) is 1.65. The number of aromatic nitrogens is 3. The fourth-order valence-corrected chi connectivity index (χ4v) is 2.14. The molecule has 0 spiro atoms. The Hall–Kier alpha value is -1.04. The van der Waals surface area contributed by atoms with Gasteiger partial charge in [0.2, 0.25) is 0 Å². The number of oxime groups is 1. The van der Waals surface area contributed by atoms with Gasteiger partial charge in [-0.15, -0.1) is 0 Å². The lowest BCUT2D eigenvalue weighted by atomic mass is 9.99. The van der Waals surface area contributed by atoms with E-state index in [1.165, 1.54) is 0 Å². The lowest BCUT2D eigenvalue weighted by molar-refractivity contribution is 0.0123. The third kappa shape index (κ3) is 2.07. The number of aryl methyl sites for hydroxylation is 2. The minimum Gasteiger partial charge on any atom is -0.389 e. The summed E-state index contributed by atoms with van der Waals surface area (Å²) in [7, 11) is 1.80. The topological polar surface area (TPSA) is 52.3 Å². The molecular formula is C10H16N4OS. The van der Waals surface area contributed by atoms with E-state index in [0.29, 0.717) is 0 Å². The monoisotopic (exact) mass is 240 g/mol. The van der Waals surface area contributed by atoms with Gasteiger partial charge in [-0.25, -0.2) is 0 Å². The summed E-state index contributed by atoms with van der Waals surface area (Å²) in [5.41, 5.74) is 2.42. The van der Waals surface area contributed by atoms with Crippen LogP contribution in [0.5, 0.6) is 0 Å². The summed E-state index contributed by atoms with van der Waals surface area (Å²) in [5, 5.41) is 12.4. The number of hydrogen-bond donors (Lipinski definition) is 1. The third-order valence-electron chi connectivity index (χ3n) is 2.51. The lowest BCUT2D eigenvalue weighted by Gasteiger charge is -2.14. The summed E-state index contributed by atoms with van der Waals surface area (Å²) < 4.78 is 0. The molecule has 1 aliphatic heterocycles. The Balaban J connectivity index is 2.21. The van der Waals surface area contributed by atoms with Crippen LogP contribution in [0, 0.1) is 6.92 Å². The van der Waals surface area contributed by atoms with Crippen LogP contribution in [0.3, 0.4) is 0 Å². The quantitative estimate of drug-likeness (QED) is 0.800. The van der Waals surface area contributed by atoms with Crippen LogP contribution in [0.4, 0.5) is 0 Å². The van der Waals surface area contributed by atoms with Crippen molar-refractivity contribution in [1.82, 2.24) is 15.0 Å². The molecule has 1 atom stereocenters. The maximum Gasteiger partial charge on any atom is 0.137 e. The standard InChI is InChI=1S/C10H16N4OS/c1-6-8(12-14(4)11-6)9(16)7-5-10(2,3)15-13-7/h9,16H,5H2,1-4H3. The highest BCUT2D eigenvalue weighted by Crippen LogP contribution is 2.32. The van der Waals surface area contributed by atoms with Crippen molar-refractivity contribution in [2.24, 2.45) is 12.2 Å². The van der Waals surface area contributed by atoms with Crippen molar-refractivity contribution in [3.63, 3.8) is 0 Å². The van der Waals surface area contributed by atoms with Gasteiger partial charge >= 0.3 is 0 Å². The molecule has 2 heterocycles. The van der Waals surface area contributed by atoms with E-state index in [1.807, 2.05) is 20.8 Å². The van der Waals surface area contributed by atoms with Crippen LogP contribution >= 0.6 is 12.6 Å². The summed E-state index contributed by atoms with van der Waals surface area (Å²) in [6.45, 7) is 5.94. The van der Waals surface area contributed by atoms with Gasteiger partial charge in [0, 0.05) is 13.5 Å². The van der Waals surface area contributed by atoms with Gasteiger partial charge in [-0.2, -0.15) is 27.6 Å². The van der Waals surface area contributed by atoms with Crippen LogP contribution in [0.2, 0.25) is 0 Å². The van der Waals surface area contributed by atoms with Gasteiger partial charge in [0.15, 0.2) is 0 Å². The summed E-state index contributed by atoms with van der Waals surface area (Å²) in [6.07, 6.45) is 0.775. The zero-order valence-corrected chi connectivity index (χ0v) is 10.8. The summed E-state index contributed by atoms with van der Waals surface area (Å²) >= 11 is 4.55. The molecule has 0 fully saturated rings. The lowest BCUT2D eigenvalue weighted by Crippen LogP contribution is -2.20. The van der Waals surface area contributed by atoms with Crippen molar-refractivity contribution in [2.75, 3.05) is 0 Å². The van der Waals surface area contributed by atoms with Gasteiger partial charge in [0.05, 0.1) is 16.7 Å². The van der Waals surface area contributed by atoms with E-state index in [0.717, 1.165) is 23.5 Å². The Morgan fingerprint density at radius 2 is 2.12 bits per heavy atom. The normalized spacial score (nSPS) is 20.4. The Morgan fingerprint density at radius 3 is 2.56 bits per heavy atom. The fraction of sp³-hybridized carbons (Fsp3) is 0.700. The molecule has 0 radical (unpaired) electrons. The van der Waals surface area contributed by atoms with E-state index < -0.39 is 0 Å². The first-order valence-corrected chi connectivity index (χ1v) is 5.71.